The van der Waals surface area contributed by atoms with Crippen molar-refractivity contribution in [3.8, 4) is 6.01 Å². The number of benzene rings is 1. The standard InChI is InChI=1S/C13H16ClN5O4S/c1-9-16-12(18-13(17-9)22-2)19(23-8-7-14)10-5-3-4-6-11(10)24(15,20)21/h3-6H,7-8H2,1-2H3,(H2,15,20,21). The molecular weight excluding hydrogens is 358 g/mol. The number of ether oxygens (including phenoxy) is 1. The van der Waals surface area contributed by atoms with Crippen molar-refractivity contribution in [2.75, 3.05) is 24.7 Å². The second kappa shape index (κ2) is 7.71. The number of alkyl halides is 1. The number of hydrogen-bond donors (Lipinski definition) is 1. The second-order valence-corrected chi connectivity index (χ2v) is 6.41. The predicted octanol–water partition coefficient (Wildman–Crippen LogP) is 1.14. The zero-order chi connectivity index (χ0) is 17.7. The smallest absolute Gasteiger partial charge is 0.321 e. The van der Waals surface area contributed by atoms with Gasteiger partial charge in [0, 0.05) is 5.88 Å². The third kappa shape index (κ3) is 4.29. The Balaban J connectivity index is 2.61. The number of anilines is 2. The van der Waals surface area contributed by atoms with Crippen LogP contribution in [0, 0.1) is 6.92 Å². The summed E-state index contributed by atoms with van der Waals surface area (Å²) in [5.74, 6) is 0.583. The van der Waals surface area contributed by atoms with Crippen LogP contribution < -0.4 is 14.9 Å². The van der Waals surface area contributed by atoms with Crippen molar-refractivity contribution in [1.29, 1.82) is 0 Å². The SMILES string of the molecule is COc1nc(C)nc(N(OCCCl)c2ccccc2S(N)(=O)=O)n1. The molecule has 0 amide bonds. The van der Waals surface area contributed by atoms with Crippen LogP contribution in [-0.4, -0.2) is 43.0 Å². The topological polar surface area (TPSA) is 121 Å². The van der Waals surface area contributed by atoms with Gasteiger partial charge in [-0.15, -0.1) is 11.6 Å². The Morgan fingerprint density at radius 2 is 1.96 bits per heavy atom. The highest BCUT2D eigenvalue weighted by molar-refractivity contribution is 7.89. The minimum atomic E-state index is -3.99. The summed E-state index contributed by atoms with van der Waals surface area (Å²) < 4.78 is 28.7. The number of nitrogens with two attached hydrogens (primary N) is 1. The molecule has 0 unspecified atom stereocenters. The van der Waals surface area contributed by atoms with E-state index in [9.17, 15) is 8.42 Å². The first kappa shape index (κ1) is 18.3. The normalized spacial score (nSPS) is 11.3. The molecule has 2 aromatic rings. The first-order chi connectivity index (χ1) is 11.4. The Kier molecular flexibility index (Phi) is 5.89. The van der Waals surface area contributed by atoms with Crippen LogP contribution in [0.1, 0.15) is 5.82 Å². The quantitative estimate of drug-likeness (QED) is 0.566. The minimum Gasteiger partial charge on any atom is -0.467 e. The second-order valence-electron chi connectivity index (χ2n) is 4.50. The van der Waals surface area contributed by atoms with Gasteiger partial charge in [0.25, 0.3) is 5.95 Å². The molecule has 0 radical (unpaired) electrons. The third-order valence-corrected chi connectivity index (χ3v) is 3.88. The number of para-hydroxylation sites is 1. The van der Waals surface area contributed by atoms with E-state index in [-0.39, 0.29) is 35.0 Å². The molecule has 24 heavy (non-hydrogen) atoms. The first-order valence-corrected chi connectivity index (χ1v) is 8.82. The molecule has 9 nitrogen and oxygen atoms in total. The lowest BCUT2D eigenvalue weighted by atomic mass is 10.3. The maximum atomic E-state index is 11.8. The summed E-state index contributed by atoms with van der Waals surface area (Å²) in [6.07, 6.45) is 0. The monoisotopic (exact) mass is 373 g/mol. The van der Waals surface area contributed by atoms with Gasteiger partial charge in [-0.25, -0.2) is 13.6 Å². The maximum Gasteiger partial charge on any atom is 0.321 e. The highest BCUT2D eigenvalue weighted by Crippen LogP contribution is 2.29. The van der Waals surface area contributed by atoms with Crippen molar-refractivity contribution < 1.29 is 18.0 Å². The van der Waals surface area contributed by atoms with Crippen LogP contribution in [0.4, 0.5) is 11.6 Å². The van der Waals surface area contributed by atoms with E-state index in [0.717, 1.165) is 5.06 Å². The van der Waals surface area contributed by atoms with E-state index in [1.54, 1.807) is 19.1 Å². The van der Waals surface area contributed by atoms with Crippen molar-refractivity contribution in [3.63, 3.8) is 0 Å². The van der Waals surface area contributed by atoms with Crippen molar-refractivity contribution in [2.45, 2.75) is 11.8 Å². The van der Waals surface area contributed by atoms with Gasteiger partial charge >= 0.3 is 6.01 Å². The molecule has 0 spiro atoms. The average molecular weight is 374 g/mol. The summed E-state index contributed by atoms with van der Waals surface area (Å²) >= 11 is 5.67. The molecule has 1 heterocycles. The van der Waals surface area contributed by atoms with Gasteiger partial charge < -0.3 is 4.74 Å². The van der Waals surface area contributed by atoms with E-state index in [0.29, 0.717) is 5.82 Å². The number of primary sulfonamides is 1. The van der Waals surface area contributed by atoms with Crippen molar-refractivity contribution in [2.24, 2.45) is 5.14 Å². The molecule has 0 aliphatic carbocycles. The molecule has 0 fully saturated rings. The zero-order valence-electron chi connectivity index (χ0n) is 13.0. The Hall–Kier alpha value is -2.01. The number of hydrogen-bond acceptors (Lipinski definition) is 8. The average Bonchev–Trinajstić information content (AvgIpc) is 2.54. The maximum absolute atomic E-state index is 11.8. The lowest BCUT2D eigenvalue weighted by Crippen LogP contribution is -2.25. The van der Waals surface area contributed by atoms with Gasteiger partial charge in [0.1, 0.15) is 10.7 Å². The van der Waals surface area contributed by atoms with Gasteiger partial charge in [-0.1, -0.05) is 12.1 Å². The van der Waals surface area contributed by atoms with Gasteiger partial charge in [-0.05, 0) is 19.1 Å². The lowest BCUT2D eigenvalue weighted by molar-refractivity contribution is 0.145. The summed E-state index contributed by atoms with van der Waals surface area (Å²) in [5, 5.41) is 6.41. The number of methoxy groups -OCH3 is 1. The Morgan fingerprint density at radius 3 is 2.58 bits per heavy atom. The van der Waals surface area contributed by atoms with E-state index in [1.165, 1.54) is 19.2 Å². The molecule has 0 bridgehead atoms. The number of aryl methyl sites for hydroxylation is 1. The van der Waals surface area contributed by atoms with E-state index in [4.69, 9.17) is 26.3 Å². The van der Waals surface area contributed by atoms with Crippen LogP contribution in [0.5, 0.6) is 6.01 Å². The molecule has 0 saturated heterocycles. The number of aromatic nitrogens is 3. The Morgan fingerprint density at radius 1 is 1.25 bits per heavy atom. The summed E-state index contributed by atoms with van der Waals surface area (Å²) in [6, 6.07) is 6.10. The highest BCUT2D eigenvalue weighted by Gasteiger charge is 2.23. The number of sulfonamides is 1. The summed E-state index contributed by atoms with van der Waals surface area (Å²) in [7, 11) is -2.59. The van der Waals surface area contributed by atoms with Crippen LogP contribution in [0.25, 0.3) is 0 Å². The molecular formula is C13H16ClN5O4S. The largest absolute Gasteiger partial charge is 0.467 e. The third-order valence-electron chi connectivity index (χ3n) is 2.77. The van der Waals surface area contributed by atoms with Gasteiger partial charge in [0.15, 0.2) is 0 Å². The van der Waals surface area contributed by atoms with Gasteiger partial charge in [-0.2, -0.15) is 20.0 Å². The zero-order valence-corrected chi connectivity index (χ0v) is 14.6. The Bertz CT molecular complexity index is 818. The molecule has 0 saturated carbocycles. The van der Waals surface area contributed by atoms with Crippen LogP contribution >= 0.6 is 11.6 Å². The fourth-order valence-electron chi connectivity index (χ4n) is 1.85. The van der Waals surface area contributed by atoms with Crippen LogP contribution in [0.2, 0.25) is 0 Å². The lowest BCUT2D eigenvalue weighted by Gasteiger charge is -2.23. The highest BCUT2D eigenvalue weighted by atomic mass is 35.5. The van der Waals surface area contributed by atoms with Gasteiger partial charge in [0.05, 0.1) is 19.4 Å². The fraction of sp³-hybridized carbons (Fsp3) is 0.308. The molecule has 1 aromatic heterocycles. The summed E-state index contributed by atoms with van der Waals surface area (Å²) in [4.78, 5) is 17.6. The molecule has 130 valence electrons. The summed E-state index contributed by atoms with van der Waals surface area (Å²) in [5.41, 5.74) is 0.151. The van der Waals surface area contributed by atoms with Crippen LogP contribution in [0.3, 0.4) is 0 Å². The molecule has 2 rings (SSSR count). The van der Waals surface area contributed by atoms with Gasteiger partial charge in [0.2, 0.25) is 10.0 Å². The van der Waals surface area contributed by atoms with Crippen molar-refractivity contribution in [3.05, 3.63) is 30.1 Å². The summed E-state index contributed by atoms with van der Waals surface area (Å²) in [6.45, 7) is 1.73. The van der Waals surface area contributed by atoms with Crippen LogP contribution in [0.15, 0.2) is 29.2 Å². The molecule has 0 aliphatic heterocycles. The minimum absolute atomic E-state index is 0.0422. The Labute approximate surface area is 144 Å². The van der Waals surface area contributed by atoms with E-state index < -0.39 is 10.0 Å². The molecule has 11 heteroatoms. The van der Waals surface area contributed by atoms with Gasteiger partial charge in [-0.3, -0.25) is 4.84 Å². The van der Waals surface area contributed by atoms with Crippen LogP contribution in [-0.2, 0) is 14.9 Å². The van der Waals surface area contributed by atoms with E-state index in [2.05, 4.69) is 15.0 Å². The molecule has 0 aliphatic rings. The molecule has 1 aromatic carbocycles. The van der Waals surface area contributed by atoms with E-state index >= 15 is 0 Å². The number of nitrogens with zero attached hydrogens (tertiary/aromatic N) is 4. The van der Waals surface area contributed by atoms with Crippen molar-refractivity contribution >= 4 is 33.3 Å². The number of rotatable bonds is 7. The number of halogens is 1. The first-order valence-electron chi connectivity index (χ1n) is 6.74. The molecule has 0 atom stereocenters. The van der Waals surface area contributed by atoms with Crippen molar-refractivity contribution in [1.82, 2.24) is 15.0 Å². The molecule has 2 N–H and O–H groups in total. The predicted molar refractivity (Wildman–Crippen MR) is 87.7 cm³/mol. The van der Waals surface area contributed by atoms with E-state index in [1.807, 2.05) is 0 Å². The fourth-order valence-corrected chi connectivity index (χ4v) is 2.63.